The predicted molar refractivity (Wildman–Crippen MR) is 93.0 cm³/mol. The van der Waals surface area contributed by atoms with Gasteiger partial charge in [-0.2, -0.15) is 22.7 Å². The second kappa shape index (κ2) is 6.07. The second-order valence-electron chi connectivity index (χ2n) is 6.33. The summed E-state index contributed by atoms with van der Waals surface area (Å²) >= 11 is 3.55. The molecule has 1 nitrogen and oxygen atoms in total. The lowest BCUT2D eigenvalue weighted by molar-refractivity contribution is 0.363. The Morgan fingerprint density at radius 1 is 1.10 bits per heavy atom. The summed E-state index contributed by atoms with van der Waals surface area (Å²) in [5.74, 6) is 1.97. The smallest absolute Gasteiger partial charge is 0.0146 e. The summed E-state index contributed by atoms with van der Waals surface area (Å²) in [5, 5.41) is 12.6. The van der Waals surface area contributed by atoms with Crippen molar-refractivity contribution in [3.05, 3.63) is 50.9 Å². The van der Waals surface area contributed by atoms with Crippen LogP contribution in [0, 0.1) is 11.8 Å². The van der Waals surface area contributed by atoms with Crippen molar-refractivity contribution in [2.45, 2.75) is 31.7 Å². The summed E-state index contributed by atoms with van der Waals surface area (Å²) in [4.78, 5) is 0. The molecule has 2 saturated carbocycles. The van der Waals surface area contributed by atoms with Crippen molar-refractivity contribution < 1.29 is 0 Å². The third-order valence-electron chi connectivity index (χ3n) is 5.09. The van der Waals surface area contributed by atoms with Crippen molar-refractivity contribution in [3.63, 3.8) is 0 Å². The molecule has 2 heterocycles. The molecule has 0 radical (unpaired) electrons. The van der Waals surface area contributed by atoms with Crippen LogP contribution >= 0.6 is 22.7 Å². The van der Waals surface area contributed by atoms with Crippen LogP contribution in [0.5, 0.6) is 0 Å². The molecule has 2 aromatic heterocycles. The first-order chi connectivity index (χ1) is 10.4. The Morgan fingerprint density at radius 2 is 1.86 bits per heavy atom. The van der Waals surface area contributed by atoms with E-state index in [1.54, 1.807) is 22.7 Å². The van der Waals surface area contributed by atoms with E-state index < -0.39 is 0 Å². The van der Waals surface area contributed by atoms with E-state index in [-0.39, 0.29) is 0 Å². The fourth-order valence-electron chi connectivity index (χ4n) is 4.04. The summed E-state index contributed by atoms with van der Waals surface area (Å²) in [6, 6.07) is 5.23. The van der Waals surface area contributed by atoms with Crippen molar-refractivity contribution in [1.82, 2.24) is 5.32 Å². The summed E-state index contributed by atoms with van der Waals surface area (Å²) in [7, 11) is 0. The maximum Gasteiger partial charge on any atom is 0.0146 e. The fourth-order valence-corrected chi connectivity index (χ4v) is 5.36. The zero-order valence-corrected chi connectivity index (χ0v) is 13.8. The van der Waals surface area contributed by atoms with Gasteiger partial charge in [-0.05, 0) is 81.5 Å². The first-order valence-electron chi connectivity index (χ1n) is 7.89. The molecule has 0 amide bonds. The summed E-state index contributed by atoms with van der Waals surface area (Å²) in [6.45, 7) is 0.995. The first-order valence-corrected chi connectivity index (χ1v) is 9.77. The Bertz CT molecular complexity index is 561. The third kappa shape index (κ3) is 2.87. The van der Waals surface area contributed by atoms with Gasteiger partial charge in [-0.1, -0.05) is 12.5 Å². The number of fused-ring (bicyclic) bond motifs is 2. The number of thiophene rings is 2. The minimum atomic E-state index is 0.770. The molecule has 3 heteroatoms. The Balaban J connectivity index is 1.46. The molecule has 1 N–H and O–H groups in total. The van der Waals surface area contributed by atoms with Gasteiger partial charge in [-0.3, -0.25) is 0 Å². The van der Waals surface area contributed by atoms with E-state index >= 15 is 0 Å². The van der Waals surface area contributed by atoms with E-state index in [1.165, 1.54) is 42.4 Å². The van der Waals surface area contributed by atoms with Gasteiger partial charge in [0, 0.05) is 12.6 Å². The fraction of sp³-hybridized carbons (Fsp3) is 0.444. The van der Waals surface area contributed by atoms with Gasteiger partial charge in [0.25, 0.3) is 0 Å². The normalized spacial score (nSPS) is 27.1. The van der Waals surface area contributed by atoms with Crippen LogP contribution in [0.15, 0.2) is 39.7 Å². The number of hydrogen-bond acceptors (Lipinski definition) is 3. The van der Waals surface area contributed by atoms with Gasteiger partial charge in [-0.15, -0.1) is 0 Å². The minimum Gasteiger partial charge on any atom is -0.310 e. The highest BCUT2D eigenvalue weighted by Crippen LogP contribution is 2.44. The van der Waals surface area contributed by atoms with Crippen LogP contribution in [0.25, 0.3) is 5.57 Å². The highest BCUT2D eigenvalue weighted by Gasteiger charge is 2.38. The van der Waals surface area contributed by atoms with Crippen LogP contribution in [0.2, 0.25) is 0 Å². The molecule has 4 rings (SSSR count). The maximum absolute atomic E-state index is 3.80. The average molecular weight is 316 g/mol. The van der Waals surface area contributed by atoms with E-state index in [0.29, 0.717) is 0 Å². The molecule has 3 unspecified atom stereocenters. The topological polar surface area (TPSA) is 12.0 Å². The zero-order chi connectivity index (χ0) is 14.1. The molecule has 0 aliphatic heterocycles. The summed E-state index contributed by atoms with van der Waals surface area (Å²) in [5.41, 5.74) is 4.09. The van der Waals surface area contributed by atoms with E-state index in [1.807, 2.05) is 0 Å². The second-order valence-corrected chi connectivity index (χ2v) is 7.89. The molecule has 2 fully saturated rings. The maximum atomic E-state index is 3.80. The standard InChI is InChI=1S/C18H21NS2/c1-2-14-9-13(1)10-18(14)19-6-3-17(15-4-7-20-11-15)16-5-8-21-12-16/h3-5,7-8,11-14,18-19H,1-2,6,9-10H2. The van der Waals surface area contributed by atoms with Gasteiger partial charge >= 0.3 is 0 Å². The number of nitrogens with one attached hydrogen (secondary N) is 1. The Hall–Kier alpha value is -0.900. The van der Waals surface area contributed by atoms with Crippen LogP contribution in [0.4, 0.5) is 0 Å². The molecule has 2 aliphatic carbocycles. The molecular weight excluding hydrogens is 294 g/mol. The monoisotopic (exact) mass is 315 g/mol. The number of hydrogen-bond donors (Lipinski definition) is 1. The zero-order valence-electron chi connectivity index (χ0n) is 12.1. The number of rotatable bonds is 5. The van der Waals surface area contributed by atoms with Crippen LogP contribution in [-0.4, -0.2) is 12.6 Å². The van der Waals surface area contributed by atoms with E-state index in [0.717, 1.165) is 24.4 Å². The molecule has 21 heavy (non-hydrogen) atoms. The largest absolute Gasteiger partial charge is 0.310 e. The molecule has 2 bridgehead atoms. The molecule has 2 aromatic rings. The molecule has 0 spiro atoms. The summed E-state index contributed by atoms with van der Waals surface area (Å²) < 4.78 is 0. The summed E-state index contributed by atoms with van der Waals surface area (Å²) in [6.07, 6.45) is 8.20. The lowest BCUT2D eigenvalue weighted by Gasteiger charge is -2.22. The van der Waals surface area contributed by atoms with Gasteiger partial charge in [0.05, 0.1) is 0 Å². The minimum absolute atomic E-state index is 0.770. The van der Waals surface area contributed by atoms with Crippen molar-refractivity contribution >= 4 is 28.2 Å². The van der Waals surface area contributed by atoms with Crippen LogP contribution in [-0.2, 0) is 0 Å². The Labute approximate surface area is 134 Å². The molecule has 110 valence electrons. The van der Waals surface area contributed by atoms with E-state index in [4.69, 9.17) is 0 Å². The van der Waals surface area contributed by atoms with Gasteiger partial charge in [0.15, 0.2) is 0 Å². The highest BCUT2D eigenvalue weighted by atomic mass is 32.1. The Kier molecular flexibility index (Phi) is 3.97. The van der Waals surface area contributed by atoms with Crippen molar-refractivity contribution in [1.29, 1.82) is 0 Å². The quantitative estimate of drug-likeness (QED) is 0.817. The van der Waals surface area contributed by atoms with Gasteiger partial charge in [0.1, 0.15) is 0 Å². The van der Waals surface area contributed by atoms with E-state index in [9.17, 15) is 0 Å². The van der Waals surface area contributed by atoms with Crippen LogP contribution in [0.3, 0.4) is 0 Å². The third-order valence-corrected chi connectivity index (χ3v) is 6.46. The van der Waals surface area contributed by atoms with Crippen LogP contribution < -0.4 is 5.32 Å². The molecular formula is C18H21NS2. The van der Waals surface area contributed by atoms with Crippen LogP contribution in [0.1, 0.15) is 36.8 Å². The van der Waals surface area contributed by atoms with Gasteiger partial charge < -0.3 is 5.32 Å². The molecule has 0 saturated heterocycles. The lowest BCUT2D eigenvalue weighted by Crippen LogP contribution is -2.33. The van der Waals surface area contributed by atoms with Crippen molar-refractivity contribution in [2.24, 2.45) is 11.8 Å². The average Bonchev–Trinajstić information content (AvgIpc) is 3.29. The van der Waals surface area contributed by atoms with Crippen molar-refractivity contribution in [3.8, 4) is 0 Å². The van der Waals surface area contributed by atoms with Gasteiger partial charge in [-0.25, -0.2) is 0 Å². The van der Waals surface area contributed by atoms with Gasteiger partial charge in [0.2, 0.25) is 0 Å². The van der Waals surface area contributed by atoms with Crippen molar-refractivity contribution in [2.75, 3.05) is 6.54 Å². The first kappa shape index (κ1) is 13.7. The van der Waals surface area contributed by atoms with E-state index in [2.05, 4.69) is 45.0 Å². The molecule has 2 aliphatic rings. The SMILES string of the molecule is C(CNC1CC2CCC1C2)=C(c1ccsc1)c1ccsc1. The molecule has 3 atom stereocenters. The highest BCUT2D eigenvalue weighted by molar-refractivity contribution is 7.08. The Morgan fingerprint density at radius 3 is 2.38 bits per heavy atom. The molecule has 0 aromatic carbocycles. The predicted octanol–water partition coefficient (Wildman–Crippen LogP) is 5.02. The lowest BCUT2D eigenvalue weighted by atomic mass is 9.95.